The molecule has 0 amide bonds. The standard InChI is InChI=1S/C43H31NS/c1-43(2)39-17-8-6-13-34(39)35-24-23-31(27-40(35)43)44(29-11-4-3-5-12-29)30-21-19-28(20-22-30)32-15-10-16-37-33(32)25-26-38-36-14-7-9-18-41(36)45-42(37)38/h3-27H,1-2H3. The van der Waals surface area contributed by atoms with Crippen LogP contribution in [0.15, 0.2) is 152 Å². The van der Waals surface area contributed by atoms with E-state index in [4.69, 9.17) is 0 Å². The van der Waals surface area contributed by atoms with Crippen LogP contribution in [-0.2, 0) is 5.41 Å². The van der Waals surface area contributed by atoms with Crippen molar-refractivity contribution in [3.05, 3.63) is 163 Å². The lowest BCUT2D eigenvalue weighted by molar-refractivity contribution is 0.660. The highest BCUT2D eigenvalue weighted by Gasteiger charge is 2.35. The molecule has 0 saturated heterocycles. The summed E-state index contributed by atoms with van der Waals surface area (Å²) in [5, 5.41) is 5.30. The van der Waals surface area contributed by atoms with Crippen LogP contribution in [0.5, 0.6) is 0 Å². The molecule has 0 bridgehead atoms. The number of thiophene rings is 1. The Balaban J connectivity index is 1.15. The molecular formula is C43H31NS. The van der Waals surface area contributed by atoms with E-state index in [-0.39, 0.29) is 5.41 Å². The number of hydrogen-bond acceptors (Lipinski definition) is 2. The molecule has 45 heavy (non-hydrogen) atoms. The maximum absolute atomic E-state index is 2.40. The summed E-state index contributed by atoms with van der Waals surface area (Å²) in [5.74, 6) is 0. The second kappa shape index (κ2) is 9.92. The minimum atomic E-state index is -0.0532. The lowest BCUT2D eigenvalue weighted by atomic mass is 9.82. The van der Waals surface area contributed by atoms with Gasteiger partial charge in [0.05, 0.1) is 0 Å². The Labute approximate surface area is 267 Å². The Morgan fingerprint density at radius 1 is 0.444 bits per heavy atom. The lowest BCUT2D eigenvalue weighted by Gasteiger charge is -2.28. The highest BCUT2D eigenvalue weighted by Crippen LogP contribution is 2.50. The van der Waals surface area contributed by atoms with Crippen molar-refractivity contribution in [1.29, 1.82) is 0 Å². The van der Waals surface area contributed by atoms with E-state index in [0.29, 0.717) is 0 Å². The maximum Gasteiger partial charge on any atom is 0.0465 e. The minimum absolute atomic E-state index is 0.0532. The monoisotopic (exact) mass is 593 g/mol. The van der Waals surface area contributed by atoms with E-state index < -0.39 is 0 Å². The van der Waals surface area contributed by atoms with Crippen LogP contribution in [0, 0.1) is 0 Å². The first-order valence-corrected chi connectivity index (χ1v) is 16.4. The number of nitrogens with zero attached hydrogens (tertiary/aromatic N) is 1. The molecule has 7 aromatic carbocycles. The molecule has 8 aromatic rings. The molecule has 1 nitrogen and oxygen atoms in total. The molecule has 214 valence electrons. The van der Waals surface area contributed by atoms with E-state index in [1.54, 1.807) is 0 Å². The topological polar surface area (TPSA) is 3.24 Å². The fourth-order valence-electron chi connectivity index (χ4n) is 7.44. The minimum Gasteiger partial charge on any atom is -0.310 e. The van der Waals surface area contributed by atoms with Gasteiger partial charge in [-0.05, 0) is 81.2 Å². The van der Waals surface area contributed by atoms with Crippen LogP contribution in [0.3, 0.4) is 0 Å². The Morgan fingerprint density at radius 2 is 1.07 bits per heavy atom. The number of fused-ring (bicyclic) bond motifs is 8. The SMILES string of the molecule is CC1(C)c2ccccc2-c2ccc(N(c3ccccc3)c3ccc(-c4cccc5c4ccc4c6ccccc6sc54)cc3)cc21. The molecule has 0 unspecified atom stereocenters. The van der Waals surface area contributed by atoms with Gasteiger partial charge in [0, 0.05) is 48.0 Å². The lowest BCUT2D eigenvalue weighted by Crippen LogP contribution is -2.16. The van der Waals surface area contributed by atoms with Gasteiger partial charge in [-0.3, -0.25) is 0 Å². The van der Waals surface area contributed by atoms with Crippen molar-refractivity contribution < 1.29 is 0 Å². The highest BCUT2D eigenvalue weighted by atomic mass is 32.1. The summed E-state index contributed by atoms with van der Waals surface area (Å²) in [6.45, 7) is 4.69. The van der Waals surface area contributed by atoms with Crippen LogP contribution >= 0.6 is 11.3 Å². The van der Waals surface area contributed by atoms with Gasteiger partial charge < -0.3 is 4.90 Å². The molecule has 9 rings (SSSR count). The molecule has 0 atom stereocenters. The first-order valence-electron chi connectivity index (χ1n) is 15.6. The van der Waals surface area contributed by atoms with Crippen LogP contribution < -0.4 is 4.90 Å². The molecule has 1 aromatic heterocycles. The molecule has 1 heterocycles. The highest BCUT2D eigenvalue weighted by molar-refractivity contribution is 7.26. The number of hydrogen-bond donors (Lipinski definition) is 0. The summed E-state index contributed by atoms with van der Waals surface area (Å²) in [4.78, 5) is 2.38. The van der Waals surface area contributed by atoms with Gasteiger partial charge in [-0.2, -0.15) is 0 Å². The van der Waals surface area contributed by atoms with Gasteiger partial charge in [-0.25, -0.2) is 0 Å². The van der Waals surface area contributed by atoms with Crippen molar-refractivity contribution in [2.24, 2.45) is 0 Å². The van der Waals surface area contributed by atoms with E-state index in [1.165, 1.54) is 70.0 Å². The first kappa shape index (κ1) is 26.2. The third-order valence-corrected chi connectivity index (χ3v) is 10.9. The Kier molecular flexibility index (Phi) is 5.78. The molecule has 1 aliphatic rings. The summed E-state index contributed by atoms with van der Waals surface area (Å²) in [5.41, 5.74) is 11.4. The molecular weight excluding hydrogens is 563 g/mol. The van der Waals surface area contributed by atoms with E-state index in [1.807, 2.05) is 11.3 Å². The summed E-state index contributed by atoms with van der Waals surface area (Å²) in [6, 6.07) is 55.7. The largest absolute Gasteiger partial charge is 0.310 e. The van der Waals surface area contributed by atoms with E-state index in [0.717, 1.165) is 11.4 Å². The Morgan fingerprint density at radius 3 is 1.93 bits per heavy atom. The second-order valence-electron chi connectivity index (χ2n) is 12.6. The van der Waals surface area contributed by atoms with Gasteiger partial charge >= 0.3 is 0 Å². The molecule has 2 heteroatoms. The van der Waals surface area contributed by atoms with Crippen molar-refractivity contribution in [3.8, 4) is 22.3 Å². The molecule has 0 radical (unpaired) electrons. The molecule has 0 fully saturated rings. The Hall–Kier alpha value is -5.18. The number of anilines is 3. The average molecular weight is 594 g/mol. The van der Waals surface area contributed by atoms with Crippen molar-refractivity contribution in [2.45, 2.75) is 19.3 Å². The predicted octanol–water partition coefficient (Wildman–Crippen LogP) is 12.7. The van der Waals surface area contributed by atoms with Crippen molar-refractivity contribution in [3.63, 3.8) is 0 Å². The third kappa shape index (κ3) is 3.99. The summed E-state index contributed by atoms with van der Waals surface area (Å²) in [6.07, 6.45) is 0. The normalized spacial score (nSPS) is 13.3. The predicted molar refractivity (Wildman–Crippen MR) is 195 cm³/mol. The third-order valence-electron chi connectivity index (χ3n) is 9.68. The molecule has 0 aliphatic heterocycles. The van der Waals surface area contributed by atoms with Gasteiger partial charge in [0.25, 0.3) is 0 Å². The number of benzene rings is 7. The van der Waals surface area contributed by atoms with Gasteiger partial charge in [-0.1, -0.05) is 123 Å². The van der Waals surface area contributed by atoms with Gasteiger partial charge in [0.15, 0.2) is 0 Å². The fourth-order valence-corrected chi connectivity index (χ4v) is 8.67. The first-order chi connectivity index (χ1) is 22.1. The second-order valence-corrected chi connectivity index (χ2v) is 13.6. The quantitative estimate of drug-likeness (QED) is 0.196. The number of para-hydroxylation sites is 1. The van der Waals surface area contributed by atoms with Gasteiger partial charge in [0.2, 0.25) is 0 Å². The van der Waals surface area contributed by atoms with E-state index >= 15 is 0 Å². The van der Waals surface area contributed by atoms with Crippen LogP contribution in [0.4, 0.5) is 17.1 Å². The molecule has 0 spiro atoms. The molecule has 0 N–H and O–H groups in total. The van der Waals surface area contributed by atoms with Crippen molar-refractivity contribution in [2.75, 3.05) is 4.90 Å². The van der Waals surface area contributed by atoms with E-state index in [2.05, 4.69) is 170 Å². The van der Waals surface area contributed by atoms with Gasteiger partial charge in [-0.15, -0.1) is 11.3 Å². The zero-order valence-corrected chi connectivity index (χ0v) is 26.1. The van der Waals surface area contributed by atoms with Gasteiger partial charge in [0.1, 0.15) is 0 Å². The van der Waals surface area contributed by atoms with Crippen LogP contribution in [0.25, 0.3) is 53.2 Å². The van der Waals surface area contributed by atoms with Crippen LogP contribution in [0.1, 0.15) is 25.0 Å². The van der Waals surface area contributed by atoms with Crippen LogP contribution in [-0.4, -0.2) is 0 Å². The van der Waals surface area contributed by atoms with Crippen LogP contribution in [0.2, 0.25) is 0 Å². The smallest absolute Gasteiger partial charge is 0.0465 e. The average Bonchev–Trinajstić information content (AvgIpc) is 3.58. The Bertz CT molecular complexity index is 2400. The summed E-state index contributed by atoms with van der Waals surface area (Å²) in [7, 11) is 0. The van der Waals surface area contributed by atoms with E-state index in [9.17, 15) is 0 Å². The zero-order valence-electron chi connectivity index (χ0n) is 25.3. The maximum atomic E-state index is 2.40. The van der Waals surface area contributed by atoms with Crippen molar-refractivity contribution in [1.82, 2.24) is 0 Å². The summed E-state index contributed by atoms with van der Waals surface area (Å²) < 4.78 is 2.71. The van der Waals surface area contributed by atoms with Crippen molar-refractivity contribution >= 4 is 59.3 Å². The molecule has 1 aliphatic carbocycles. The molecule has 0 saturated carbocycles. The summed E-state index contributed by atoms with van der Waals surface area (Å²) >= 11 is 1.89. The fraction of sp³-hybridized carbons (Fsp3) is 0.0698. The zero-order chi connectivity index (χ0) is 30.1. The number of rotatable bonds is 4.